The molecule has 1 saturated heterocycles. The quantitative estimate of drug-likeness (QED) is 0.600. The van der Waals surface area contributed by atoms with E-state index in [1.807, 2.05) is 43.3 Å². The fourth-order valence-corrected chi connectivity index (χ4v) is 3.06. The van der Waals surface area contributed by atoms with Crippen LogP contribution in [0.4, 0.5) is 5.69 Å². The molecule has 1 fully saturated rings. The third-order valence-corrected chi connectivity index (χ3v) is 4.35. The molecule has 1 aromatic heterocycles. The van der Waals surface area contributed by atoms with Crippen LogP contribution in [0, 0.1) is 10.7 Å². The summed E-state index contributed by atoms with van der Waals surface area (Å²) < 4.78 is 6.23. The topological polar surface area (TPSA) is 54.6 Å². The number of furan rings is 1. The van der Waals surface area contributed by atoms with Gasteiger partial charge >= 0.3 is 0 Å². The summed E-state index contributed by atoms with van der Waals surface area (Å²) in [6.45, 7) is 1.99. The van der Waals surface area contributed by atoms with Gasteiger partial charge in [0, 0.05) is 6.08 Å². The number of amidine groups is 1. The largest absolute Gasteiger partial charge is 0.451 e. The van der Waals surface area contributed by atoms with Gasteiger partial charge in [0.2, 0.25) is 0 Å². The highest BCUT2D eigenvalue weighted by Gasteiger charge is 2.24. The Morgan fingerprint density at radius 2 is 2.10 bits per heavy atom. The molecule has 21 heavy (non-hydrogen) atoms. The third kappa shape index (κ3) is 3.38. The molecule has 1 N–H and O–H groups in total. The van der Waals surface area contributed by atoms with E-state index in [1.54, 1.807) is 6.08 Å². The van der Waals surface area contributed by atoms with Gasteiger partial charge in [-0.2, -0.15) is 0 Å². The highest BCUT2D eigenvalue weighted by Crippen LogP contribution is 2.29. The van der Waals surface area contributed by atoms with E-state index >= 15 is 0 Å². The average molecular weight is 410 g/mol. The zero-order valence-electron chi connectivity index (χ0n) is 11.1. The molecule has 0 saturated carbocycles. The summed E-state index contributed by atoms with van der Waals surface area (Å²) >= 11 is 3.40. The highest BCUT2D eigenvalue weighted by atomic mass is 127. The molecule has 0 unspecified atom stereocenters. The Hall–Kier alpha value is -1.54. The first-order valence-corrected chi connectivity index (χ1v) is 8.12. The summed E-state index contributed by atoms with van der Waals surface area (Å²) in [7, 11) is 0. The van der Waals surface area contributed by atoms with Crippen molar-refractivity contribution in [1.82, 2.24) is 5.32 Å². The van der Waals surface area contributed by atoms with Crippen molar-refractivity contribution >= 4 is 57.2 Å². The van der Waals surface area contributed by atoms with Crippen LogP contribution in [0.5, 0.6) is 0 Å². The second-order valence-electron chi connectivity index (χ2n) is 4.41. The standard InChI is InChI=1S/C15H11IN2O2S/c1-9-4-2-3-5-11(9)17-15-18-14(19)12(21-15)8-10-6-7-13(16)20-10/h2-8H,1H3,(H,17,18,19)/b12-8-. The maximum atomic E-state index is 11.9. The molecule has 0 aliphatic carbocycles. The van der Waals surface area contributed by atoms with Gasteiger partial charge in [-0.25, -0.2) is 4.99 Å². The number of amides is 1. The first kappa shape index (κ1) is 14.4. The van der Waals surface area contributed by atoms with Crippen molar-refractivity contribution in [3.63, 3.8) is 0 Å². The maximum Gasteiger partial charge on any atom is 0.264 e. The number of thioether (sulfide) groups is 1. The molecular formula is C15H11IN2O2S. The summed E-state index contributed by atoms with van der Waals surface area (Å²) in [5, 5.41) is 3.35. The molecule has 0 bridgehead atoms. The summed E-state index contributed by atoms with van der Waals surface area (Å²) in [5.74, 6) is 0.507. The molecule has 0 radical (unpaired) electrons. The minimum Gasteiger partial charge on any atom is -0.451 e. The number of nitrogens with zero attached hydrogens (tertiary/aromatic N) is 1. The van der Waals surface area contributed by atoms with Gasteiger partial charge in [0.15, 0.2) is 8.93 Å². The normalized spacial score (nSPS) is 18.5. The van der Waals surface area contributed by atoms with Crippen LogP contribution in [0.25, 0.3) is 6.08 Å². The predicted molar refractivity (Wildman–Crippen MR) is 93.4 cm³/mol. The third-order valence-electron chi connectivity index (χ3n) is 2.86. The number of rotatable bonds is 2. The van der Waals surface area contributed by atoms with E-state index < -0.39 is 0 Å². The molecule has 1 aromatic carbocycles. The fourth-order valence-electron chi connectivity index (χ4n) is 1.81. The van der Waals surface area contributed by atoms with Crippen molar-refractivity contribution in [2.45, 2.75) is 6.92 Å². The lowest BCUT2D eigenvalue weighted by atomic mass is 10.2. The lowest BCUT2D eigenvalue weighted by molar-refractivity contribution is -0.115. The van der Waals surface area contributed by atoms with Gasteiger partial charge in [-0.1, -0.05) is 18.2 Å². The Balaban J connectivity index is 1.85. The molecule has 1 amide bonds. The van der Waals surface area contributed by atoms with E-state index in [1.165, 1.54) is 11.8 Å². The Morgan fingerprint density at radius 1 is 1.29 bits per heavy atom. The van der Waals surface area contributed by atoms with Gasteiger partial charge in [0.1, 0.15) is 5.76 Å². The van der Waals surface area contributed by atoms with Crippen LogP contribution < -0.4 is 5.32 Å². The zero-order valence-corrected chi connectivity index (χ0v) is 14.1. The molecule has 6 heteroatoms. The number of halogens is 1. The van der Waals surface area contributed by atoms with Gasteiger partial charge < -0.3 is 9.73 Å². The molecule has 4 nitrogen and oxygen atoms in total. The van der Waals surface area contributed by atoms with Crippen molar-refractivity contribution in [3.05, 3.63) is 56.4 Å². The average Bonchev–Trinajstić information content (AvgIpc) is 3.00. The molecule has 3 rings (SSSR count). The van der Waals surface area contributed by atoms with Gasteiger partial charge in [0.05, 0.1) is 10.6 Å². The van der Waals surface area contributed by atoms with Crippen LogP contribution in [0.15, 0.2) is 50.7 Å². The summed E-state index contributed by atoms with van der Waals surface area (Å²) in [6, 6.07) is 11.5. The smallest absolute Gasteiger partial charge is 0.264 e. The number of nitrogens with one attached hydrogen (secondary N) is 1. The van der Waals surface area contributed by atoms with Crippen molar-refractivity contribution < 1.29 is 9.21 Å². The van der Waals surface area contributed by atoms with E-state index in [0.29, 0.717) is 15.8 Å². The van der Waals surface area contributed by atoms with Crippen molar-refractivity contribution in [2.24, 2.45) is 4.99 Å². The fraction of sp³-hybridized carbons (Fsp3) is 0.0667. The second kappa shape index (κ2) is 6.07. The Morgan fingerprint density at radius 3 is 2.81 bits per heavy atom. The van der Waals surface area contributed by atoms with Crippen LogP contribution in [0.2, 0.25) is 0 Å². The molecule has 2 heterocycles. The number of carbonyl (C=O) groups excluding carboxylic acids is 1. The van der Waals surface area contributed by atoms with Crippen molar-refractivity contribution in [1.29, 1.82) is 0 Å². The number of para-hydroxylation sites is 1. The van der Waals surface area contributed by atoms with E-state index in [0.717, 1.165) is 15.0 Å². The first-order chi connectivity index (χ1) is 10.1. The Kier molecular flexibility index (Phi) is 4.16. The highest BCUT2D eigenvalue weighted by molar-refractivity contribution is 14.1. The lowest BCUT2D eigenvalue weighted by Crippen LogP contribution is -2.19. The van der Waals surface area contributed by atoms with Gasteiger partial charge in [-0.05, 0) is 65.0 Å². The second-order valence-corrected chi connectivity index (χ2v) is 6.50. The minimum absolute atomic E-state index is 0.154. The van der Waals surface area contributed by atoms with E-state index in [-0.39, 0.29) is 5.91 Å². The number of benzene rings is 1. The molecule has 106 valence electrons. The van der Waals surface area contributed by atoms with E-state index in [2.05, 4.69) is 32.9 Å². The Labute approximate surface area is 139 Å². The molecular weight excluding hydrogens is 399 g/mol. The van der Waals surface area contributed by atoms with Crippen molar-refractivity contribution in [3.8, 4) is 0 Å². The van der Waals surface area contributed by atoms with Crippen LogP contribution in [0.1, 0.15) is 11.3 Å². The number of aliphatic imine (C=N–C) groups is 1. The summed E-state index contributed by atoms with van der Waals surface area (Å²) in [4.78, 5) is 17.0. The van der Waals surface area contributed by atoms with E-state index in [4.69, 9.17) is 4.42 Å². The monoisotopic (exact) mass is 410 g/mol. The SMILES string of the molecule is Cc1ccccc1N=C1NC(=O)/C(=C/c2ccc(I)o2)S1. The molecule has 2 aromatic rings. The number of carbonyl (C=O) groups is 1. The molecule has 1 aliphatic heterocycles. The van der Waals surface area contributed by atoms with Crippen molar-refractivity contribution in [2.75, 3.05) is 0 Å². The lowest BCUT2D eigenvalue weighted by Gasteiger charge is -1.99. The van der Waals surface area contributed by atoms with E-state index in [9.17, 15) is 4.79 Å². The Bertz CT molecular complexity index is 765. The minimum atomic E-state index is -0.154. The number of aryl methyl sites for hydroxylation is 1. The maximum absolute atomic E-state index is 11.9. The zero-order chi connectivity index (χ0) is 14.8. The van der Waals surface area contributed by atoms with Gasteiger partial charge in [-0.3, -0.25) is 4.79 Å². The summed E-state index contributed by atoms with van der Waals surface area (Å²) in [6.07, 6.45) is 1.72. The van der Waals surface area contributed by atoms with Crippen LogP contribution >= 0.6 is 34.4 Å². The van der Waals surface area contributed by atoms with Crippen LogP contribution in [0.3, 0.4) is 0 Å². The van der Waals surface area contributed by atoms with Gasteiger partial charge in [-0.15, -0.1) is 0 Å². The predicted octanol–water partition coefficient (Wildman–Crippen LogP) is 4.08. The summed E-state index contributed by atoms with van der Waals surface area (Å²) in [5.41, 5.74) is 1.92. The number of hydrogen-bond donors (Lipinski definition) is 1. The molecule has 0 spiro atoms. The van der Waals surface area contributed by atoms with Crippen LogP contribution in [-0.2, 0) is 4.79 Å². The molecule has 0 atom stereocenters. The van der Waals surface area contributed by atoms with Gasteiger partial charge in [0.25, 0.3) is 5.91 Å². The number of hydrogen-bond acceptors (Lipinski definition) is 4. The first-order valence-electron chi connectivity index (χ1n) is 6.22. The van der Waals surface area contributed by atoms with Crippen LogP contribution in [-0.4, -0.2) is 11.1 Å². The molecule has 1 aliphatic rings.